The van der Waals surface area contributed by atoms with Crippen LogP contribution in [0.5, 0.6) is 0 Å². The first-order chi connectivity index (χ1) is 13.8. The van der Waals surface area contributed by atoms with Crippen LogP contribution in [0.1, 0.15) is 12.8 Å². The summed E-state index contributed by atoms with van der Waals surface area (Å²) in [6.45, 7) is 8.76. The summed E-state index contributed by atoms with van der Waals surface area (Å²) in [6.07, 6.45) is 2.26. The lowest BCUT2D eigenvalue weighted by atomic mass is 10.1. The van der Waals surface area contributed by atoms with Gasteiger partial charge < -0.3 is 20.9 Å². The van der Waals surface area contributed by atoms with Crippen LogP contribution in [-0.4, -0.2) is 67.1 Å². The van der Waals surface area contributed by atoms with Crippen molar-refractivity contribution in [1.29, 1.82) is 0 Å². The first-order valence-corrected chi connectivity index (χ1v) is 10.5. The number of rotatable bonds is 8. The number of fused-ring (bicyclic) bond motifs is 2. The lowest BCUT2D eigenvalue weighted by Crippen LogP contribution is -2.47. The summed E-state index contributed by atoms with van der Waals surface area (Å²) >= 11 is 0. The van der Waals surface area contributed by atoms with Crippen molar-refractivity contribution in [2.75, 3.05) is 57.7 Å². The van der Waals surface area contributed by atoms with Crippen molar-refractivity contribution in [2.24, 2.45) is 5.73 Å². The van der Waals surface area contributed by atoms with E-state index in [9.17, 15) is 0 Å². The van der Waals surface area contributed by atoms with Gasteiger partial charge in [-0.3, -0.25) is 0 Å². The Morgan fingerprint density at radius 1 is 0.786 bits per heavy atom. The third kappa shape index (κ3) is 4.43. The summed E-state index contributed by atoms with van der Waals surface area (Å²) in [4.78, 5) is 9.93. The summed E-state index contributed by atoms with van der Waals surface area (Å²) in [6, 6.07) is 16.8. The highest BCUT2D eigenvalue weighted by Crippen LogP contribution is 2.30. The highest BCUT2D eigenvalue weighted by atomic mass is 15.3. The van der Waals surface area contributed by atoms with Crippen LogP contribution in [0, 0.1) is 0 Å². The summed E-state index contributed by atoms with van der Waals surface area (Å²) in [5, 5.41) is 6.12. The molecule has 0 saturated carbocycles. The maximum Gasteiger partial charge on any atom is 0.0730 e. The molecule has 1 aromatic heterocycles. The van der Waals surface area contributed by atoms with Gasteiger partial charge in [0.1, 0.15) is 0 Å². The lowest BCUT2D eigenvalue weighted by molar-refractivity contribution is 0.132. The topological polar surface area (TPSA) is 57.4 Å². The molecule has 0 atom stereocenters. The summed E-state index contributed by atoms with van der Waals surface area (Å²) < 4.78 is 0. The van der Waals surface area contributed by atoms with Gasteiger partial charge in [-0.15, -0.1) is 0 Å². The Labute approximate surface area is 167 Å². The van der Waals surface area contributed by atoms with Crippen LogP contribution in [0.15, 0.2) is 48.5 Å². The van der Waals surface area contributed by atoms with Crippen molar-refractivity contribution in [3.8, 4) is 0 Å². The normalized spacial score (nSPS) is 16.0. The molecule has 0 unspecified atom stereocenters. The van der Waals surface area contributed by atoms with E-state index >= 15 is 0 Å². The third-order valence-corrected chi connectivity index (χ3v) is 5.68. The number of aromatic nitrogens is 1. The summed E-state index contributed by atoms with van der Waals surface area (Å²) in [5.41, 5.74) is 8.94. The molecule has 1 aliphatic rings. The maximum absolute atomic E-state index is 5.62. The number of piperazine rings is 1. The molecule has 0 bridgehead atoms. The largest absolute Gasteiger partial charge is 0.384 e. The number of hydrogen-bond donors (Lipinski definition) is 2. The second kappa shape index (κ2) is 9.32. The Bertz CT molecular complexity index is 848. The zero-order valence-electron chi connectivity index (χ0n) is 16.6. The van der Waals surface area contributed by atoms with Gasteiger partial charge in [-0.2, -0.15) is 0 Å². The van der Waals surface area contributed by atoms with Gasteiger partial charge >= 0.3 is 0 Å². The van der Waals surface area contributed by atoms with Crippen molar-refractivity contribution in [2.45, 2.75) is 12.8 Å². The molecule has 5 heteroatoms. The monoisotopic (exact) mass is 377 g/mol. The summed E-state index contributed by atoms with van der Waals surface area (Å²) in [5.74, 6) is 0. The van der Waals surface area contributed by atoms with Gasteiger partial charge in [0.05, 0.1) is 16.7 Å². The van der Waals surface area contributed by atoms with Crippen LogP contribution in [-0.2, 0) is 0 Å². The predicted octanol–water partition coefficient (Wildman–Crippen LogP) is 3.16. The van der Waals surface area contributed by atoms with E-state index in [1.54, 1.807) is 0 Å². The molecule has 0 spiro atoms. The van der Waals surface area contributed by atoms with E-state index in [0.29, 0.717) is 0 Å². The molecule has 2 heterocycles. The second-order valence-corrected chi connectivity index (χ2v) is 7.63. The SMILES string of the molecule is NCCCN1CCN(CCCNc2c3ccccc3nc3ccccc23)CC1. The van der Waals surface area contributed by atoms with Gasteiger partial charge in [0.25, 0.3) is 0 Å². The lowest BCUT2D eigenvalue weighted by Gasteiger charge is -2.34. The molecule has 28 heavy (non-hydrogen) atoms. The van der Waals surface area contributed by atoms with Crippen LogP contribution in [0.3, 0.4) is 0 Å². The van der Waals surface area contributed by atoms with E-state index in [-0.39, 0.29) is 0 Å². The summed E-state index contributed by atoms with van der Waals surface area (Å²) in [7, 11) is 0. The molecular weight excluding hydrogens is 346 g/mol. The van der Waals surface area contributed by atoms with Gasteiger partial charge in [-0.25, -0.2) is 4.98 Å². The highest BCUT2D eigenvalue weighted by Gasteiger charge is 2.15. The number of nitrogens with two attached hydrogens (primary N) is 1. The zero-order valence-corrected chi connectivity index (χ0v) is 16.6. The van der Waals surface area contributed by atoms with Crippen molar-refractivity contribution in [3.63, 3.8) is 0 Å². The fraction of sp³-hybridized carbons (Fsp3) is 0.435. The van der Waals surface area contributed by atoms with E-state index in [1.807, 2.05) is 0 Å². The van der Waals surface area contributed by atoms with Gasteiger partial charge in [-0.1, -0.05) is 36.4 Å². The van der Waals surface area contributed by atoms with Crippen LogP contribution >= 0.6 is 0 Å². The Hall–Kier alpha value is -2.21. The average Bonchev–Trinajstić information content (AvgIpc) is 2.75. The molecule has 4 rings (SSSR count). The molecule has 1 saturated heterocycles. The molecule has 148 valence electrons. The number of benzene rings is 2. The molecule has 5 nitrogen and oxygen atoms in total. The number of nitrogens with one attached hydrogen (secondary N) is 1. The Morgan fingerprint density at radius 3 is 1.89 bits per heavy atom. The molecular formula is C23H31N5. The molecule has 2 aromatic carbocycles. The average molecular weight is 378 g/mol. The fourth-order valence-electron chi connectivity index (χ4n) is 4.10. The van der Waals surface area contributed by atoms with Gasteiger partial charge in [-0.05, 0) is 44.6 Å². The quantitative estimate of drug-likeness (QED) is 0.466. The number of hydrogen-bond acceptors (Lipinski definition) is 5. The minimum absolute atomic E-state index is 0.796. The Balaban J connectivity index is 1.35. The van der Waals surface area contributed by atoms with Crippen molar-refractivity contribution < 1.29 is 0 Å². The van der Waals surface area contributed by atoms with Crippen LogP contribution in [0.4, 0.5) is 5.69 Å². The first-order valence-electron chi connectivity index (χ1n) is 10.5. The molecule has 0 aliphatic carbocycles. The van der Waals surface area contributed by atoms with Crippen LogP contribution < -0.4 is 11.1 Å². The minimum Gasteiger partial charge on any atom is -0.384 e. The van der Waals surface area contributed by atoms with E-state index < -0.39 is 0 Å². The Kier molecular flexibility index (Phi) is 6.37. The highest BCUT2D eigenvalue weighted by molar-refractivity contribution is 6.07. The van der Waals surface area contributed by atoms with Crippen molar-refractivity contribution in [3.05, 3.63) is 48.5 Å². The maximum atomic E-state index is 5.62. The number of pyridine rings is 1. The Morgan fingerprint density at radius 2 is 1.32 bits per heavy atom. The predicted molar refractivity (Wildman–Crippen MR) is 119 cm³/mol. The third-order valence-electron chi connectivity index (χ3n) is 5.68. The number of anilines is 1. The zero-order chi connectivity index (χ0) is 19.2. The smallest absolute Gasteiger partial charge is 0.0730 e. The molecule has 3 aromatic rings. The van der Waals surface area contributed by atoms with Gasteiger partial charge in [0.2, 0.25) is 0 Å². The fourth-order valence-corrected chi connectivity index (χ4v) is 4.10. The van der Waals surface area contributed by atoms with E-state index in [4.69, 9.17) is 10.7 Å². The first kappa shape index (κ1) is 19.1. The molecule has 3 N–H and O–H groups in total. The van der Waals surface area contributed by atoms with Gasteiger partial charge in [0.15, 0.2) is 0 Å². The standard InChI is InChI=1S/C23H31N5/c24-11-5-13-27-15-17-28(18-16-27)14-6-12-25-23-19-7-1-3-9-21(19)26-22-10-4-2-8-20(22)23/h1-4,7-10H,5-6,11-18,24H2,(H,25,26). The van der Waals surface area contributed by atoms with Crippen molar-refractivity contribution >= 4 is 27.5 Å². The van der Waals surface area contributed by atoms with E-state index in [1.165, 1.54) is 42.6 Å². The molecule has 1 aliphatic heterocycles. The molecule has 1 fully saturated rings. The number of nitrogens with zero attached hydrogens (tertiary/aromatic N) is 3. The second-order valence-electron chi connectivity index (χ2n) is 7.63. The van der Waals surface area contributed by atoms with E-state index in [2.05, 4.69) is 63.6 Å². The van der Waals surface area contributed by atoms with Crippen molar-refractivity contribution in [1.82, 2.24) is 14.8 Å². The molecule has 0 radical (unpaired) electrons. The van der Waals surface area contributed by atoms with Crippen LogP contribution in [0.25, 0.3) is 21.8 Å². The van der Waals surface area contributed by atoms with Crippen LogP contribution in [0.2, 0.25) is 0 Å². The molecule has 0 amide bonds. The van der Waals surface area contributed by atoms with Gasteiger partial charge in [0, 0.05) is 43.5 Å². The van der Waals surface area contributed by atoms with E-state index in [0.717, 1.165) is 50.1 Å². The number of para-hydroxylation sites is 2. The minimum atomic E-state index is 0.796.